The first-order valence-corrected chi connectivity index (χ1v) is 7.01. The van der Waals surface area contributed by atoms with Gasteiger partial charge >= 0.3 is 6.18 Å². The first kappa shape index (κ1) is 15.6. The summed E-state index contributed by atoms with van der Waals surface area (Å²) in [6, 6.07) is 0. The van der Waals surface area contributed by atoms with Crippen molar-refractivity contribution in [2.45, 2.75) is 31.9 Å². The van der Waals surface area contributed by atoms with E-state index in [9.17, 15) is 18.0 Å². The van der Waals surface area contributed by atoms with E-state index in [1.165, 1.54) is 4.90 Å². The average Bonchev–Trinajstić information content (AvgIpc) is 3.15. The Labute approximate surface area is 116 Å². The summed E-state index contributed by atoms with van der Waals surface area (Å²) in [6.45, 7) is 0.0922. The van der Waals surface area contributed by atoms with Crippen LogP contribution in [0.2, 0.25) is 0 Å². The molecule has 116 valence electrons. The Balaban J connectivity index is 1.78. The first-order valence-electron chi connectivity index (χ1n) is 7.01. The van der Waals surface area contributed by atoms with Gasteiger partial charge in [-0.2, -0.15) is 13.2 Å². The molecule has 1 aliphatic carbocycles. The van der Waals surface area contributed by atoms with Gasteiger partial charge < -0.3 is 10.4 Å². The number of nitrogens with one attached hydrogen (secondary N) is 1. The summed E-state index contributed by atoms with van der Waals surface area (Å²) >= 11 is 0. The van der Waals surface area contributed by atoms with E-state index in [1.807, 2.05) is 0 Å². The summed E-state index contributed by atoms with van der Waals surface area (Å²) in [5.41, 5.74) is -0.171. The van der Waals surface area contributed by atoms with Crippen LogP contribution in [0.3, 0.4) is 0 Å². The minimum Gasteiger partial charge on any atom is -0.396 e. The highest BCUT2D eigenvalue weighted by Crippen LogP contribution is 2.44. The molecule has 1 unspecified atom stereocenters. The van der Waals surface area contributed by atoms with Crippen molar-refractivity contribution >= 4 is 5.91 Å². The number of carbonyl (C=O) groups is 1. The van der Waals surface area contributed by atoms with Gasteiger partial charge in [0, 0.05) is 18.5 Å². The van der Waals surface area contributed by atoms with E-state index in [2.05, 4.69) is 5.32 Å². The second-order valence-electron chi connectivity index (χ2n) is 6.07. The molecule has 1 amide bonds. The molecule has 1 saturated heterocycles. The lowest BCUT2D eigenvalue weighted by molar-refractivity contribution is -0.152. The molecule has 2 aliphatic rings. The Hall–Kier alpha value is -0.820. The number of nitrogens with zero attached hydrogens (tertiary/aromatic N) is 1. The maximum Gasteiger partial charge on any atom is 0.401 e. The van der Waals surface area contributed by atoms with E-state index < -0.39 is 12.7 Å². The van der Waals surface area contributed by atoms with Crippen LogP contribution in [0.5, 0.6) is 0 Å². The van der Waals surface area contributed by atoms with Crippen molar-refractivity contribution < 1.29 is 23.1 Å². The largest absolute Gasteiger partial charge is 0.401 e. The average molecular weight is 294 g/mol. The molecule has 1 saturated carbocycles. The van der Waals surface area contributed by atoms with E-state index in [-0.39, 0.29) is 30.4 Å². The van der Waals surface area contributed by atoms with E-state index in [0.29, 0.717) is 25.9 Å². The van der Waals surface area contributed by atoms with Gasteiger partial charge in [0.15, 0.2) is 0 Å². The van der Waals surface area contributed by atoms with Crippen LogP contribution in [0.4, 0.5) is 13.2 Å². The van der Waals surface area contributed by atoms with Crippen LogP contribution in [-0.2, 0) is 4.79 Å². The monoisotopic (exact) mass is 294 g/mol. The minimum atomic E-state index is -4.21. The van der Waals surface area contributed by atoms with E-state index in [1.54, 1.807) is 0 Å². The third kappa shape index (κ3) is 4.34. The lowest BCUT2D eigenvalue weighted by Crippen LogP contribution is -2.47. The highest BCUT2D eigenvalue weighted by molar-refractivity contribution is 5.79. The molecule has 2 N–H and O–H groups in total. The number of aliphatic hydroxyl groups is 1. The Morgan fingerprint density at radius 1 is 1.40 bits per heavy atom. The number of likely N-dealkylation sites (tertiary alicyclic amines) is 1. The standard InChI is InChI=1S/C13H21F3N2O2/c14-13(15,16)8-18-5-1-2-10(6-18)11(20)17-7-12(9-19)3-4-12/h10,19H,1-9H2,(H,17,20). The number of hydrogen-bond donors (Lipinski definition) is 2. The smallest absolute Gasteiger partial charge is 0.396 e. The fourth-order valence-corrected chi connectivity index (χ4v) is 2.65. The molecule has 1 heterocycles. The highest BCUT2D eigenvalue weighted by Gasteiger charge is 2.42. The van der Waals surface area contributed by atoms with Gasteiger partial charge in [0.25, 0.3) is 0 Å². The number of rotatable bonds is 5. The number of halogens is 3. The molecule has 0 bridgehead atoms. The summed E-state index contributed by atoms with van der Waals surface area (Å²) in [5, 5.41) is 11.9. The topological polar surface area (TPSA) is 52.6 Å². The van der Waals surface area contributed by atoms with Gasteiger partial charge in [-0.05, 0) is 32.2 Å². The molecular formula is C13H21F3N2O2. The molecule has 0 aromatic rings. The molecule has 20 heavy (non-hydrogen) atoms. The molecule has 4 nitrogen and oxygen atoms in total. The Morgan fingerprint density at radius 2 is 2.10 bits per heavy atom. The lowest BCUT2D eigenvalue weighted by atomic mass is 9.96. The van der Waals surface area contributed by atoms with Crippen molar-refractivity contribution in [2.75, 3.05) is 32.8 Å². The summed E-state index contributed by atoms with van der Waals surface area (Å²) in [7, 11) is 0. The molecule has 0 aromatic carbocycles. The molecule has 1 aliphatic heterocycles. The van der Waals surface area contributed by atoms with E-state index >= 15 is 0 Å². The van der Waals surface area contributed by atoms with Gasteiger partial charge in [-0.25, -0.2) is 0 Å². The first-order chi connectivity index (χ1) is 9.34. The van der Waals surface area contributed by atoms with Gasteiger partial charge in [-0.15, -0.1) is 0 Å². The van der Waals surface area contributed by atoms with Crippen molar-refractivity contribution in [3.05, 3.63) is 0 Å². The van der Waals surface area contributed by atoms with Crippen molar-refractivity contribution in [3.8, 4) is 0 Å². The number of aliphatic hydroxyl groups excluding tert-OH is 1. The zero-order valence-corrected chi connectivity index (χ0v) is 11.4. The van der Waals surface area contributed by atoms with E-state index in [0.717, 1.165) is 12.8 Å². The second-order valence-corrected chi connectivity index (χ2v) is 6.07. The van der Waals surface area contributed by atoms with Crippen LogP contribution in [-0.4, -0.2) is 54.9 Å². The van der Waals surface area contributed by atoms with Gasteiger partial charge in [0.2, 0.25) is 5.91 Å². The Bertz CT molecular complexity index is 356. The normalized spacial score (nSPS) is 26.3. The maximum absolute atomic E-state index is 12.4. The van der Waals surface area contributed by atoms with E-state index in [4.69, 9.17) is 5.11 Å². The van der Waals surface area contributed by atoms with Crippen molar-refractivity contribution in [2.24, 2.45) is 11.3 Å². The fraction of sp³-hybridized carbons (Fsp3) is 0.923. The molecule has 7 heteroatoms. The molecule has 0 radical (unpaired) electrons. The molecule has 2 rings (SSSR count). The zero-order chi connectivity index (χ0) is 14.8. The molecular weight excluding hydrogens is 273 g/mol. The van der Waals surface area contributed by atoms with Gasteiger partial charge in [0.05, 0.1) is 19.1 Å². The van der Waals surface area contributed by atoms with Crippen molar-refractivity contribution in [1.29, 1.82) is 0 Å². The van der Waals surface area contributed by atoms with Crippen molar-refractivity contribution in [3.63, 3.8) is 0 Å². The van der Waals surface area contributed by atoms with Gasteiger partial charge in [-0.1, -0.05) is 0 Å². The molecule has 0 aromatic heterocycles. The van der Waals surface area contributed by atoms with Crippen LogP contribution in [0.1, 0.15) is 25.7 Å². The minimum absolute atomic E-state index is 0.0537. The van der Waals surface area contributed by atoms with Gasteiger partial charge in [-0.3, -0.25) is 9.69 Å². The number of carbonyl (C=O) groups excluding carboxylic acids is 1. The number of piperidine rings is 1. The fourth-order valence-electron chi connectivity index (χ4n) is 2.65. The summed E-state index contributed by atoms with van der Waals surface area (Å²) in [4.78, 5) is 13.3. The van der Waals surface area contributed by atoms with Crippen LogP contribution in [0.25, 0.3) is 0 Å². The van der Waals surface area contributed by atoms with Crippen LogP contribution < -0.4 is 5.32 Å². The Kier molecular flexibility index (Phi) is 4.59. The maximum atomic E-state index is 12.4. The third-order valence-corrected chi connectivity index (χ3v) is 4.21. The quantitative estimate of drug-likeness (QED) is 0.800. The van der Waals surface area contributed by atoms with Crippen LogP contribution in [0.15, 0.2) is 0 Å². The highest BCUT2D eigenvalue weighted by atomic mass is 19.4. The van der Waals surface area contributed by atoms with Crippen molar-refractivity contribution in [1.82, 2.24) is 10.2 Å². The SMILES string of the molecule is O=C(NCC1(CO)CC1)C1CCCN(CC(F)(F)F)C1. The number of hydrogen-bond acceptors (Lipinski definition) is 3. The van der Waals surface area contributed by atoms with Gasteiger partial charge in [0.1, 0.15) is 0 Å². The molecule has 2 fully saturated rings. The second kappa shape index (κ2) is 5.89. The zero-order valence-electron chi connectivity index (χ0n) is 11.4. The summed E-state index contributed by atoms with van der Waals surface area (Å²) in [6.07, 6.45) is -1.18. The predicted octanol–water partition coefficient (Wildman–Crippen LogP) is 1.15. The van der Waals surface area contributed by atoms with Crippen LogP contribution >= 0.6 is 0 Å². The molecule has 0 spiro atoms. The Morgan fingerprint density at radius 3 is 2.65 bits per heavy atom. The van der Waals surface area contributed by atoms with Crippen LogP contribution in [0, 0.1) is 11.3 Å². The molecule has 1 atom stereocenters. The third-order valence-electron chi connectivity index (χ3n) is 4.21. The lowest BCUT2D eigenvalue weighted by Gasteiger charge is -2.32. The number of amides is 1. The predicted molar refractivity (Wildman–Crippen MR) is 67.0 cm³/mol. The summed E-state index contributed by atoms with van der Waals surface area (Å²) < 4.78 is 37.1. The summed E-state index contributed by atoms with van der Waals surface area (Å²) in [5.74, 6) is -0.558. The number of alkyl halides is 3.